The first-order valence-corrected chi connectivity index (χ1v) is 7.04. The second kappa shape index (κ2) is 5.30. The molecule has 0 fully saturated rings. The van der Waals surface area contributed by atoms with Crippen molar-refractivity contribution in [2.45, 2.75) is 40.5 Å². The Kier molecular flexibility index (Phi) is 3.91. The van der Waals surface area contributed by atoms with Crippen LogP contribution in [0.2, 0.25) is 0 Å². The molecule has 19 heavy (non-hydrogen) atoms. The second-order valence-electron chi connectivity index (χ2n) is 6.18. The van der Waals surface area contributed by atoms with E-state index in [0.29, 0.717) is 6.54 Å². The number of hydrogen-bond acceptors (Lipinski definition) is 2. The van der Waals surface area contributed by atoms with Crippen molar-refractivity contribution in [3.05, 3.63) is 41.1 Å². The molecular formula is C17H24N2. The molecule has 2 N–H and O–H groups in total. The topological polar surface area (TPSA) is 38.9 Å². The Balaban J connectivity index is 2.45. The van der Waals surface area contributed by atoms with E-state index >= 15 is 0 Å². The molecule has 102 valence electrons. The SMILES string of the molecule is CCc1ccc2nc(CC(C)(C)CN)cc(C)c2c1. The fraction of sp³-hybridized carbons (Fsp3) is 0.471. The highest BCUT2D eigenvalue weighted by Gasteiger charge is 2.17. The summed E-state index contributed by atoms with van der Waals surface area (Å²) in [6, 6.07) is 8.78. The van der Waals surface area contributed by atoms with E-state index in [1.165, 1.54) is 16.5 Å². The van der Waals surface area contributed by atoms with Crippen molar-refractivity contribution in [1.82, 2.24) is 4.98 Å². The van der Waals surface area contributed by atoms with Gasteiger partial charge in [-0.25, -0.2) is 0 Å². The minimum atomic E-state index is 0.108. The van der Waals surface area contributed by atoms with E-state index in [-0.39, 0.29) is 5.41 Å². The van der Waals surface area contributed by atoms with Crippen LogP contribution in [0.15, 0.2) is 24.3 Å². The summed E-state index contributed by atoms with van der Waals surface area (Å²) < 4.78 is 0. The molecule has 1 heterocycles. The first kappa shape index (κ1) is 14.0. The molecule has 2 aromatic rings. The Labute approximate surface area is 116 Å². The zero-order valence-electron chi connectivity index (χ0n) is 12.5. The number of pyridine rings is 1. The molecule has 0 bridgehead atoms. The maximum atomic E-state index is 5.81. The summed E-state index contributed by atoms with van der Waals surface area (Å²) in [4.78, 5) is 4.79. The molecule has 1 aromatic heterocycles. The molecule has 0 aliphatic rings. The summed E-state index contributed by atoms with van der Waals surface area (Å²) in [6.07, 6.45) is 1.99. The fourth-order valence-electron chi connectivity index (χ4n) is 2.38. The Morgan fingerprint density at radius 3 is 2.58 bits per heavy atom. The molecule has 2 rings (SSSR count). The molecule has 0 atom stereocenters. The number of aromatic nitrogens is 1. The van der Waals surface area contributed by atoms with Gasteiger partial charge in [-0.15, -0.1) is 0 Å². The van der Waals surface area contributed by atoms with E-state index in [2.05, 4.69) is 52.0 Å². The van der Waals surface area contributed by atoms with E-state index in [1.54, 1.807) is 0 Å². The molecule has 0 spiro atoms. The summed E-state index contributed by atoms with van der Waals surface area (Å²) in [5, 5.41) is 1.27. The number of hydrogen-bond donors (Lipinski definition) is 1. The first-order chi connectivity index (χ1) is 8.95. The Hall–Kier alpha value is -1.41. The molecule has 0 aliphatic carbocycles. The van der Waals surface area contributed by atoms with Crippen LogP contribution in [-0.2, 0) is 12.8 Å². The van der Waals surface area contributed by atoms with E-state index in [9.17, 15) is 0 Å². The molecule has 2 heteroatoms. The van der Waals surface area contributed by atoms with Gasteiger partial charge in [0.05, 0.1) is 5.52 Å². The van der Waals surface area contributed by atoms with Crippen molar-refractivity contribution in [2.24, 2.45) is 11.1 Å². The number of rotatable bonds is 4. The highest BCUT2D eigenvalue weighted by molar-refractivity contribution is 5.82. The third kappa shape index (κ3) is 3.13. The van der Waals surface area contributed by atoms with Crippen LogP contribution in [0.25, 0.3) is 10.9 Å². The zero-order chi connectivity index (χ0) is 14.0. The lowest BCUT2D eigenvalue weighted by Gasteiger charge is -2.22. The van der Waals surface area contributed by atoms with E-state index in [0.717, 1.165) is 24.1 Å². The van der Waals surface area contributed by atoms with Gasteiger partial charge in [-0.1, -0.05) is 26.8 Å². The Morgan fingerprint density at radius 1 is 1.21 bits per heavy atom. The molecule has 0 saturated heterocycles. The summed E-state index contributed by atoms with van der Waals surface area (Å²) in [5.74, 6) is 0. The molecular weight excluding hydrogens is 232 g/mol. The van der Waals surface area contributed by atoms with Crippen LogP contribution in [0.4, 0.5) is 0 Å². The van der Waals surface area contributed by atoms with Gasteiger partial charge in [0.15, 0.2) is 0 Å². The van der Waals surface area contributed by atoms with Crippen molar-refractivity contribution >= 4 is 10.9 Å². The standard InChI is InChI=1S/C17H24N2/c1-5-13-6-7-16-15(9-13)12(2)8-14(19-16)10-17(3,4)11-18/h6-9H,5,10-11,18H2,1-4H3. The minimum Gasteiger partial charge on any atom is -0.330 e. The molecule has 0 amide bonds. The molecule has 2 nitrogen and oxygen atoms in total. The molecule has 0 aliphatic heterocycles. The third-order valence-electron chi connectivity index (χ3n) is 3.75. The lowest BCUT2D eigenvalue weighted by molar-refractivity contribution is 0.373. The van der Waals surface area contributed by atoms with Gasteiger partial charge in [0, 0.05) is 11.1 Å². The van der Waals surface area contributed by atoms with Crippen molar-refractivity contribution in [2.75, 3.05) is 6.54 Å². The highest BCUT2D eigenvalue weighted by Crippen LogP contribution is 2.24. The maximum Gasteiger partial charge on any atom is 0.0708 e. The van der Waals surface area contributed by atoms with Gasteiger partial charge in [0.2, 0.25) is 0 Å². The van der Waals surface area contributed by atoms with E-state index in [4.69, 9.17) is 10.7 Å². The maximum absolute atomic E-state index is 5.81. The van der Waals surface area contributed by atoms with Crippen molar-refractivity contribution in [3.8, 4) is 0 Å². The third-order valence-corrected chi connectivity index (χ3v) is 3.75. The summed E-state index contributed by atoms with van der Waals surface area (Å²) in [5.41, 5.74) is 10.8. The smallest absolute Gasteiger partial charge is 0.0708 e. The van der Waals surface area contributed by atoms with Crippen molar-refractivity contribution < 1.29 is 0 Å². The molecule has 0 radical (unpaired) electrons. The average molecular weight is 256 g/mol. The average Bonchev–Trinajstić information content (AvgIpc) is 2.38. The van der Waals surface area contributed by atoms with Crippen molar-refractivity contribution in [1.29, 1.82) is 0 Å². The van der Waals surface area contributed by atoms with Crippen LogP contribution in [0, 0.1) is 12.3 Å². The number of nitrogens with two attached hydrogens (primary N) is 1. The van der Waals surface area contributed by atoms with E-state index < -0.39 is 0 Å². The number of aryl methyl sites for hydroxylation is 2. The summed E-state index contributed by atoms with van der Waals surface area (Å²) in [7, 11) is 0. The quantitative estimate of drug-likeness (QED) is 0.907. The molecule has 0 unspecified atom stereocenters. The van der Waals surface area contributed by atoms with Crippen molar-refractivity contribution in [3.63, 3.8) is 0 Å². The van der Waals surface area contributed by atoms with Gasteiger partial charge in [0.25, 0.3) is 0 Å². The van der Waals surface area contributed by atoms with Gasteiger partial charge in [-0.3, -0.25) is 4.98 Å². The predicted molar refractivity (Wildman–Crippen MR) is 82.4 cm³/mol. The lowest BCUT2D eigenvalue weighted by Crippen LogP contribution is -2.26. The minimum absolute atomic E-state index is 0.108. The fourth-order valence-corrected chi connectivity index (χ4v) is 2.38. The normalized spacial score (nSPS) is 12.1. The van der Waals surface area contributed by atoms with Gasteiger partial charge in [-0.05, 0) is 61.1 Å². The summed E-state index contributed by atoms with van der Waals surface area (Å²) >= 11 is 0. The van der Waals surface area contributed by atoms with Crippen LogP contribution in [0.5, 0.6) is 0 Å². The lowest BCUT2D eigenvalue weighted by atomic mass is 9.87. The zero-order valence-corrected chi connectivity index (χ0v) is 12.5. The van der Waals surface area contributed by atoms with Gasteiger partial charge >= 0.3 is 0 Å². The van der Waals surface area contributed by atoms with Gasteiger partial charge in [-0.2, -0.15) is 0 Å². The monoisotopic (exact) mass is 256 g/mol. The number of fused-ring (bicyclic) bond motifs is 1. The molecule has 1 aromatic carbocycles. The highest BCUT2D eigenvalue weighted by atomic mass is 14.7. The van der Waals surface area contributed by atoms with Crippen LogP contribution >= 0.6 is 0 Å². The number of nitrogens with zero attached hydrogens (tertiary/aromatic N) is 1. The van der Waals surface area contributed by atoms with E-state index in [1.807, 2.05) is 0 Å². The first-order valence-electron chi connectivity index (χ1n) is 7.04. The second-order valence-corrected chi connectivity index (χ2v) is 6.18. The molecule has 0 saturated carbocycles. The van der Waals surface area contributed by atoms with Crippen LogP contribution in [-0.4, -0.2) is 11.5 Å². The van der Waals surface area contributed by atoms with Gasteiger partial charge in [0.1, 0.15) is 0 Å². The van der Waals surface area contributed by atoms with Crippen LogP contribution < -0.4 is 5.73 Å². The Morgan fingerprint density at radius 2 is 1.95 bits per heavy atom. The number of benzene rings is 1. The Bertz CT molecular complexity index is 585. The predicted octanol–water partition coefficient (Wildman–Crippen LogP) is 3.63. The van der Waals surface area contributed by atoms with Crippen LogP contribution in [0.1, 0.15) is 37.6 Å². The summed E-state index contributed by atoms with van der Waals surface area (Å²) in [6.45, 7) is 9.41. The van der Waals surface area contributed by atoms with Crippen LogP contribution in [0.3, 0.4) is 0 Å². The largest absolute Gasteiger partial charge is 0.330 e. The van der Waals surface area contributed by atoms with Gasteiger partial charge < -0.3 is 5.73 Å².